The van der Waals surface area contributed by atoms with Gasteiger partial charge in [-0.2, -0.15) is 0 Å². The minimum atomic E-state index is -0.446. The summed E-state index contributed by atoms with van der Waals surface area (Å²) in [5.74, 6) is 0.241. The second-order valence-electron chi connectivity index (χ2n) is 4.31. The van der Waals surface area contributed by atoms with Gasteiger partial charge in [0.25, 0.3) is 0 Å². The number of carbonyl (C=O) groups excluding carboxylic acids is 1. The van der Waals surface area contributed by atoms with Gasteiger partial charge >= 0.3 is 0 Å². The average Bonchev–Trinajstić information content (AvgIpc) is 2.41. The maximum absolute atomic E-state index is 10.9. The van der Waals surface area contributed by atoms with Crippen LogP contribution in [0.1, 0.15) is 21.5 Å². The van der Waals surface area contributed by atoms with Crippen LogP contribution in [0.3, 0.4) is 0 Å². The lowest BCUT2D eigenvalue weighted by molar-refractivity contribution is 0.100. The highest BCUT2D eigenvalue weighted by atomic mass is 16.5. The lowest BCUT2D eigenvalue weighted by Gasteiger charge is -2.10. The monoisotopic (exact) mass is 256 g/mol. The van der Waals surface area contributed by atoms with Crippen molar-refractivity contribution in [1.29, 1.82) is 0 Å². The fourth-order valence-electron chi connectivity index (χ4n) is 1.74. The molecular formula is C15H16N2O2. The van der Waals surface area contributed by atoms with Gasteiger partial charge in [0.05, 0.1) is 0 Å². The largest absolute Gasteiger partial charge is 0.489 e. The summed E-state index contributed by atoms with van der Waals surface area (Å²) in [6.45, 7) is 2.40. The van der Waals surface area contributed by atoms with Gasteiger partial charge < -0.3 is 16.2 Å². The fraction of sp³-hybridized carbons (Fsp3) is 0.133. The van der Waals surface area contributed by atoms with E-state index < -0.39 is 5.91 Å². The van der Waals surface area contributed by atoms with Crippen LogP contribution in [0.2, 0.25) is 0 Å². The summed E-state index contributed by atoms with van der Waals surface area (Å²) in [4.78, 5) is 10.9. The number of amides is 1. The van der Waals surface area contributed by atoms with Crippen LogP contribution in [0.5, 0.6) is 5.75 Å². The summed E-state index contributed by atoms with van der Waals surface area (Å²) in [5.41, 5.74) is 14.3. The summed E-state index contributed by atoms with van der Waals surface area (Å²) in [6.07, 6.45) is 0. The first-order chi connectivity index (χ1) is 9.08. The average molecular weight is 256 g/mol. The third kappa shape index (κ3) is 3.04. The highest BCUT2D eigenvalue weighted by Gasteiger charge is 2.03. The SMILES string of the molecule is Cc1c(N)cccc1COc1ccc(C(N)=O)cc1. The molecule has 1 amide bonds. The Morgan fingerprint density at radius 1 is 1.16 bits per heavy atom. The molecule has 19 heavy (non-hydrogen) atoms. The van der Waals surface area contributed by atoms with Crippen molar-refractivity contribution >= 4 is 11.6 Å². The number of hydrogen-bond donors (Lipinski definition) is 2. The van der Waals surface area contributed by atoms with E-state index in [1.54, 1.807) is 24.3 Å². The van der Waals surface area contributed by atoms with E-state index in [9.17, 15) is 4.79 Å². The molecule has 0 heterocycles. The molecule has 0 bridgehead atoms. The van der Waals surface area contributed by atoms with E-state index in [4.69, 9.17) is 16.2 Å². The van der Waals surface area contributed by atoms with Crippen LogP contribution < -0.4 is 16.2 Å². The van der Waals surface area contributed by atoms with Crippen LogP contribution in [-0.4, -0.2) is 5.91 Å². The van der Waals surface area contributed by atoms with E-state index in [1.165, 1.54) is 0 Å². The normalized spacial score (nSPS) is 10.2. The molecule has 2 aromatic carbocycles. The van der Waals surface area contributed by atoms with E-state index in [0.717, 1.165) is 16.8 Å². The zero-order valence-electron chi connectivity index (χ0n) is 10.7. The first-order valence-electron chi connectivity index (χ1n) is 5.94. The molecule has 4 N–H and O–H groups in total. The fourth-order valence-corrected chi connectivity index (χ4v) is 1.74. The van der Waals surface area contributed by atoms with Gasteiger partial charge in [-0.05, 0) is 48.4 Å². The molecule has 4 nitrogen and oxygen atoms in total. The summed E-state index contributed by atoms with van der Waals surface area (Å²) in [6, 6.07) is 12.5. The minimum absolute atomic E-state index is 0.437. The van der Waals surface area contributed by atoms with Crippen molar-refractivity contribution in [3.8, 4) is 5.75 Å². The number of benzene rings is 2. The Morgan fingerprint density at radius 3 is 2.47 bits per heavy atom. The van der Waals surface area contributed by atoms with Crippen molar-refractivity contribution in [3.63, 3.8) is 0 Å². The topological polar surface area (TPSA) is 78.3 Å². The van der Waals surface area contributed by atoms with Crippen molar-refractivity contribution in [2.75, 3.05) is 5.73 Å². The number of ether oxygens (including phenoxy) is 1. The lowest BCUT2D eigenvalue weighted by atomic mass is 10.1. The van der Waals surface area contributed by atoms with Crippen LogP contribution in [0.25, 0.3) is 0 Å². The van der Waals surface area contributed by atoms with E-state index in [1.807, 2.05) is 25.1 Å². The molecule has 0 saturated carbocycles. The molecule has 0 atom stereocenters. The summed E-state index contributed by atoms with van der Waals surface area (Å²) < 4.78 is 5.65. The first-order valence-corrected chi connectivity index (χ1v) is 5.94. The van der Waals surface area contributed by atoms with Crippen molar-refractivity contribution in [3.05, 3.63) is 59.2 Å². The zero-order valence-corrected chi connectivity index (χ0v) is 10.7. The number of primary amides is 1. The van der Waals surface area contributed by atoms with Gasteiger partial charge in [-0.15, -0.1) is 0 Å². The molecule has 98 valence electrons. The standard InChI is InChI=1S/C15H16N2O2/c1-10-12(3-2-4-14(10)16)9-19-13-7-5-11(6-8-13)15(17)18/h2-8H,9,16H2,1H3,(H2,17,18). The molecule has 0 radical (unpaired) electrons. The Kier molecular flexibility index (Phi) is 3.71. The van der Waals surface area contributed by atoms with Crippen molar-refractivity contribution in [2.24, 2.45) is 5.73 Å². The van der Waals surface area contributed by atoms with Crippen molar-refractivity contribution in [1.82, 2.24) is 0 Å². The molecule has 0 aromatic heterocycles. The minimum Gasteiger partial charge on any atom is -0.489 e. The van der Waals surface area contributed by atoms with Gasteiger partial charge in [0.1, 0.15) is 12.4 Å². The number of nitrogen functional groups attached to an aromatic ring is 1. The second-order valence-corrected chi connectivity index (χ2v) is 4.31. The molecule has 0 aliphatic rings. The molecule has 2 aromatic rings. The molecule has 0 unspecified atom stereocenters. The summed E-state index contributed by atoms with van der Waals surface area (Å²) in [7, 11) is 0. The van der Waals surface area contributed by atoms with E-state index >= 15 is 0 Å². The van der Waals surface area contributed by atoms with Crippen molar-refractivity contribution < 1.29 is 9.53 Å². The Balaban J connectivity index is 2.06. The summed E-state index contributed by atoms with van der Waals surface area (Å²) >= 11 is 0. The first kappa shape index (κ1) is 13.0. The number of hydrogen-bond acceptors (Lipinski definition) is 3. The van der Waals surface area contributed by atoms with Crippen LogP contribution in [-0.2, 0) is 6.61 Å². The Labute approximate surface area is 112 Å². The third-order valence-corrected chi connectivity index (χ3v) is 3.02. The number of anilines is 1. The Bertz CT molecular complexity index is 592. The highest BCUT2D eigenvalue weighted by Crippen LogP contribution is 2.19. The lowest BCUT2D eigenvalue weighted by Crippen LogP contribution is -2.10. The van der Waals surface area contributed by atoms with Gasteiger partial charge in [0.15, 0.2) is 0 Å². The molecular weight excluding hydrogens is 240 g/mol. The number of rotatable bonds is 4. The van der Waals surface area contributed by atoms with Crippen LogP contribution in [0.4, 0.5) is 5.69 Å². The smallest absolute Gasteiger partial charge is 0.248 e. The predicted octanol–water partition coefficient (Wildman–Crippen LogP) is 2.26. The Morgan fingerprint density at radius 2 is 1.84 bits per heavy atom. The maximum Gasteiger partial charge on any atom is 0.248 e. The maximum atomic E-state index is 10.9. The van der Waals surface area contributed by atoms with E-state index in [2.05, 4.69) is 0 Å². The predicted molar refractivity (Wildman–Crippen MR) is 74.9 cm³/mol. The third-order valence-electron chi connectivity index (χ3n) is 3.02. The van der Waals surface area contributed by atoms with Gasteiger partial charge in [-0.25, -0.2) is 0 Å². The van der Waals surface area contributed by atoms with Gasteiger partial charge in [-0.3, -0.25) is 4.79 Å². The molecule has 4 heteroatoms. The van der Waals surface area contributed by atoms with Crippen molar-refractivity contribution in [2.45, 2.75) is 13.5 Å². The molecule has 0 aliphatic heterocycles. The summed E-state index contributed by atoms with van der Waals surface area (Å²) in [5, 5.41) is 0. The Hall–Kier alpha value is -2.49. The highest BCUT2D eigenvalue weighted by molar-refractivity contribution is 5.92. The molecule has 0 saturated heterocycles. The second kappa shape index (κ2) is 5.44. The van der Waals surface area contributed by atoms with Crippen LogP contribution in [0, 0.1) is 6.92 Å². The molecule has 0 fully saturated rings. The van der Waals surface area contributed by atoms with Gasteiger partial charge in [0.2, 0.25) is 5.91 Å². The van der Waals surface area contributed by atoms with E-state index in [0.29, 0.717) is 17.9 Å². The molecule has 2 rings (SSSR count). The molecule has 0 spiro atoms. The van der Waals surface area contributed by atoms with Gasteiger partial charge in [-0.1, -0.05) is 12.1 Å². The number of carbonyl (C=O) groups is 1. The zero-order chi connectivity index (χ0) is 13.8. The quantitative estimate of drug-likeness (QED) is 0.823. The van der Waals surface area contributed by atoms with Gasteiger partial charge in [0, 0.05) is 11.3 Å². The van der Waals surface area contributed by atoms with E-state index in [-0.39, 0.29) is 0 Å². The van der Waals surface area contributed by atoms with Crippen LogP contribution in [0.15, 0.2) is 42.5 Å². The number of nitrogens with two attached hydrogens (primary N) is 2. The van der Waals surface area contributed by atoms with Crippen LogP contribution >= 0.6 is 0 Å². The molecule has 0 aliphatic carbocycles.